The van der Waals surface area contributed by atoms with Crippen LogP contribution in [-0.4, -0.2) is 44.1 Å². The topological polar surface area (TPSA) is 95.5 Å². The Hall–Kier alpha value is -2.73. The fourth-order valence-electron chi connectivity index (χ4n) is 2.41. The van der Waals surface area contributed by atoms with Crippen LogP contribution in [0.15, 0.2) is 35.6 Å². The van der Waals surface area contributed by atoms with E-state index in [-0.39, 0.29) is 21.5 Å². The summed E-state index contributed by atoms with van der Waals surface area (Å²) >= 11 is 0.932. The molecule has 0 bridgehead atoms. The Bertz CT molecular complexity index is 1170. The summed E-state index contributed by atoms with van der Waals surface area (Å²) in [5, 5.41) is -0.474. The van der Waals surface area contributed by atoms with Crippen molar-refractivity contribution in [2.75, 3.05) is 13.4 Å². The lowest BCUT2D eigenvalue weighted by atomic mass is 10.0. The number of nitrogens with zero attached hydrogens (tertiary/aromatic N) is 2. The summed E-state index contributed by atoms with van der Waals surface area (Å²) in [5.41, 5.74) is 0.406. The summed E-state index contributed by atoms with van der Waals surface area (Å²) in [5.74, 6) is -1.25. The van der Waals surface area contributed by atoms with E-state index in [4.69, 9.17) is 4.74 Å². The number of thiophene rings is 1. The molecule has 2 heterocycles. The molecular formula is C16H11F3N2O5S2. The third-order valence-electron chi connectivity index (χ3n) is 3.47. The van der Waals surface area contributed by atoms with E-state index in [2.05, 4.69) is 14.7 Å². The Morgan fingerprint density at radius 2 is 1.96 bits per heavy atom. The Balaban J connectivity index is 2.28. The number of methoxy groups -OCH3 is 1. The van der Waals surface area contributed by atoms with Crippen LogP contribution >= 0.6 is 11.3 Å². The highest BCUT2D eigenvalue weighted by Crippen LogP contribution is 2.39. The molecule has 0 spiro atoms. The van der Waals surface area contributed by atoms with E-state index in [0.29, 0.717) is 4.70 Å². The highest BCUT2D eigenvalue weighted by Gasteiger charge is 2.31. The Labute approximate surface area is 160 Å². The molecule has 148 valence electrons. The van der Waals surface area contributed by atoms with E-state index in [1.807, 2.05) is 0 Å². The molecule has 12 heteroatoms. The van der Waals surface area contributed by atoms with Crippen molar-refractivity contribution in [3.05, 3.63) is 35.3 Å². The second kappa shape index (κ2) is 7.02. The number of benzene rings is 1. The van der Waals surface area contributed by atoms with Gasteiger partial charge in [0, 0.05) is 18.0 Å². The van der Waals surface area contributed by atoms with Crippen molar-refractivity contribution in [2.24, 2.45) is 0 Å². The molecule has 0 fully saturated rings. The first-order chi connectivity index (χ1) is 13.0. The van der Waals surface area contributed by atoms with E-state index in [1.165, 1.54) is 18.3 Å². The predicted octanol–water partition coefficient (Wildman–Crippen LogP) is 3.45. The number of rotatable bonds is 4. The minimum atomic E-state index is -4.90. The molecule has 2 aromatic heterocycles. The van der Waals surface area contributed by atoms with E-state index >= 15 is 0 Å². The zero-order valence-corrected chi connectivity index (χ0v) is 15.9. The van der Waals surface area contributed by atoms with Gasteiger partial charge in [-0.15, -0.1) is 24.5 Å². The zero-order chi connectivity index (χ0) is 20.7. The Kier molecular flexibility index (Phi) is 5.02. The average molecular weight is 432 g/mol. The van der Waals surface area contributed by atoms with Gasteiger partial charge in [-0.3, -0.25) is 0 Å². The normalized spacial score (nSPS) is 12.2. The van der Waals surface area contributed by atoms with Gasteiger partial charge < -0.3 is 9.47 Å². The van der Waals surface area contributed by atoms with Crippen LogP contribution in [-0.2, 0) is 14.6 Å². The van der Waals surface area contributed by atoms with Gasteiger partial charge >= 0.3 is 12.3 Å². The number of halogens is 3. The number of aromatic nitrogens is 2. The largest absolute Gasteiger partial charge is 0.573 e. The van der Waals surface area contributed by atoms with Crippen molar-refractivity contribution in [3.63, 3.8) is 0 Å². The fourth-order valence-corrected chi connectivity index (χ4v) is 3.96. The predicted molar refractivity (Wildman–Crippen MR) is 94.0 cm³/mol. The number of hydrogen-bond donors (Lipinski definition) is 0. The van der Waals surface area contributed by atoms with Gasteiger partial charge in [0.1, 0.15) is 10.6 Å². The number of sulfone groups is 1. The summed E-state index contributed by atoms with van der Waals surface area (Å²) in [6.07, 6.45) is -2.75. The van der Waals surface area contributed by atoms with Crippen LogP contribution in [0.3, 0.4) is 0 Å². The Morgan fingerprint density at radius 1 is 1.25 bits per heavy atom. The third-order valence-corrected chi connectivity index (χ3v) is 5.42. The van der Waals surface area contributed by atoms with E-state index in [1.54, 1.807) is 0 Å². The molecule has 0 unspecified atom stereocenters. The molecule has 3 aromatic rings. The van der Waals surface area contributed by atoms with Gasteiger partial charge in [-0.2, -0.15) is 0 Å². The number of ether oxygens (including phenoxy) is 2. The number of fused-ring (bicyclic) bond motifs is 1. The summed E-state index contributed by atoms with van der Waals surface area (Å²) in [6, 6.07) is 4.92. The molecule has 0 aliphatic carbocycles. The highest BCUT2D eigenvalue weighted by molar-refractivity contribution is 7.90. The van der Waals surface area contributed by atoms with Gasteiger partial charge in [-0.25, -0.2) is 23.2 Å². The van der Waals surface area contributed by atoms with Crippen molar-refractivity contribution in [3.8, 4) is 16.9 Å². The number of carbonyl (C=O) groups is 1. The molecule has 0 N–H and O–H groups in total. The maximum atomic E-state index is 12.5. The van der Waals surface area contributed by atoms with Crippen LogP contribution in [0.1, 0.15) is 9.67 Å². The van der Waals surface area contributed by atoms with Crippen LogP contribution in [0, 0.1) is 0 Å². The number of carbonyl (C=O) groups excluding carboxylic acids is 1. The van der Waals surface area contributed by atoms with Crippen molar-refractivity contribution in [1.82, 2.24) is 9.97 Å². The second-order valence-corrected chi connectivity index (χ2v) is 8.47. The molecule has 0 saturated carbocycles. The molecule has 28 heavy (non-hydrogen) atoms. The van der Waals surface area contributed by atoms with E-state index < -0.39 is 33.1 Å². The fraction of sp³-hybridized carbons (Fsp3) is 0.188. The average Bonchev–Trinajstić information content (AvgIpc) is 2.97. The number of esters is 1. The standard InChI is InChI=1S/C16H11F3N2O5S2/c1-25-14(22)13-11(8-4-3-5-9(6-8)26-16(17,18)19)12-10(27-13)7-20-15(21-12)28(2,23)24/h3-7H,1-2H3. The van der Waals surface area contributed by atoms with Crippen LogP contribution in [0.4, 0.5) is 13.2 Å². The first-order valence-electron chi connectivity index (χ1n) is 7.43. The lowest BCUT2D eigenvalue weighted by Gasteiger charge is -2.10. The first-order valence-corrected chi connectivity index (χ1v) is 10.1. The highest BCUT2D eigenvalue weighted by atomic mass is 32.2. The maximum Gasteiger partial charge on any atom is 0.573 e. The van der Waals surface area contributed by atoms with Crippen LogP contribution in [0.25, 0.3) is 21.3 Å². The SMILES string of the molecule is COC(=O)c1sc2cnc(S(C)(=O)=O)nc2c1-c1cccc(OC(F)(F)F)c1. The van der Waals surface area contributed by atoms with Gasteiger partial charge in [-0.1, -0.05) is 12.1 Å². The molecule has 0 atom stereocenters. The molecule has 0 radical (unpaired) electrons. The summed E-state index contributed by atoms with van der Waals surface area (Å²) < 4.78 is 70.2. The molecule has 0 aliphatic rings. The minimum absolute atomic E-state index is 0.0432. The lowest BCUT2D eigenvalue weighted by molar-refractivity contribution is -0.274. The van der Waals surface area contributed by atoms with Gasteiger partial charge in [0.05, 0.1) is 17.3 Å². The van der Waals surface area contributed by atoms with Crippen LogP contribution in [0.2, 0.25) is 0 Å². The summed E-state index contributed by atoms with van der Waals surface area (Å²) in [6.45, 7) is 0. The zero-order valence-electron chi connectivity index (χ0n) is 14.3. The van der Waals surface area contributed by atoms with Crippen molar-refractivity contribution in [2.45, 2.75) is 11.5 Å². The third kappa shape index (κ3) is 4.07. The molecule has 3 rings (SSSR count). The molecule has 0 amide bonds. The van der Waals surface area contributed by atoms with Gasteiger partial charge in [0.15, 0.2) is 0 Å². The Morgan fingerprint density at radius 3 is 2.57 bits per heavy atom. The minimum Gasteiger partial charge on any atom is -0.465 e. The molecule has 7 nitrogen and oxygen atoms in total. The van der Waals surface area contributed by atoms with E-state index in [0.717, 1.165) is 36.8 Å². The van der Waals surface area contributed by atoms with Crippen molar-refractivity contribution >= 4 is 37.4 Å². The smallest absolute Gasteiger partial charge is 0.465 e. The first kappa shape index (κ1) is 20.0. The molecule has 0 aliphatic heterocycles. The molecule has 1 aromatic carbocycles. The van der Waals surface area contributed by atoms with E-state index in [9.17, 15) is 26.4 Å². The van der Waals surface area contributed by atoms with Gasteiger partial charge in [0.25, 0.3) is 0 Å². The van der Waals surface area contributed by atoms with Crippen molar-refractivity contribution < 1.29 is 35.9 Å². The van der Waals surface area contributed by atoms with Crippen molar-refractivity contribution in [1.29, 1.82) is 0 Å². The summed E-state index contributed by atoms with van der Waals surface area (Å²) in [4.78, 5) is 20.0. The maximum absolute atomic E-state index is 12.5. The number of alkyl halides is 3. The quantitative estimate of drug-likeness (QED) is 0.460. The lowest BCUT2D eigenvalue weighted by Crippen LogP contribution is -2.17. The van der Waals surface area contributed by atoms with Gasteiger partial charge in [0.2, 0.25) is 15.0 Å². The summed E-state index contributed by atoms with van der Waals surface area (Å²) in [7, 11) is -2.60. The molecular weight excluding hydrogens is 421 g/mol. The van der Waals surface area contributed by atoms with Crippen LogP contribution < -0.4 is 4.74 Å². The van der Waals surface area contributed by atoms with Crippen LogP contribution in [0.5, 0.6) is 5.75 Å². The molecule has 0 saturated heterocycles. The monoisotopic (exact) mass is 432 g/mol. The van der Waals surface area contributed by atoms with Gasteiger partial charge in [-0.05, 0) is 17.7 Å². The second-order valence-electron chi connectivity index (χ2n) is 5.51. The number of hydrogen-bond acceptors (Lipinski definition) is 8.